The highest BCUT2D eigenvalue weighted by molar-refractivity contribution is 5.86. The summed E-state index contributed by atoms with van der Waals surface area (Å²) >= 11 is 0. The molecule has 0 amide bonds. The number of fused-ring (bicyclic) bond motifs is 1. The van der Waals surface area contributed by atoms with Crippen molar-refractivity contribution in [2.75, 3.05) is 0 Å². The van der Waals surface area contributed by atoms with Gasteiger partial charge in [-0.2, -0.15) is 0 Å². The first kappa shape index (κ1) is 17.7. The topological polar surface area (TPSA) is 0 Å². The first-order valence-corrected chi connectivity index (χ1v) is 8.85. The molecular weight excluding hydrogens is 312 g/mol. The van der Waals surface area contributed by atoms with Gasteiger partial charge in [-0.3, -0.25) is 0 Å². The van der Waals surface area contributed by atoms with Crippen molar-refractivity contribution in [1.29, 1.82) is 0 Å². The van der Waals surface area contributed by atoms with Crippen molar-refractivity contribution >= 4 is 5.57 Å². The van der Waals surface area contributed by atoms with E-state index < -0.39 is 0 Å². The van der Waals surface area contributed by atoms with Crippen LogP contribution in [0.3, 0.4) is 0 Å². The van der Waals surface area contributed by atoms with Crippen LogP contribution < -0.4 is 0 Å². The Morgan fingerprint density at radius 3 is 1.65 bits per heavy atom. The molecule has 3 aromatic carbocycles. The molecule has 0 saturated heterocycles. The van der Waals surface area contributed by atoms with E-state index in [4.69, 9.17) is 0 Å². The largest absolute Gasteiger partial charge is 0.106 e. The van der Waals surface area contributed by atoms with Crippen LogP contribution in [-0.2, 0) is 5.41 Å². The highest BCUT2D eigenvalue weighted by atomic mass is 14.5. The summed E-state index contributed by atoms with van der Waals surface area (Å²) in [6.07, 6.45) is 2.04. The quantitative estimate of drug-likeness (QED) is 0.462. The number of benzene rings is 3. The van der Waals surface area contributed by atoms with Crippen molar-refractivity contribution in [3.8, 4) is 0 Å². The Balaban J connectivity index is 0.000000948. The summed E-state index contributed by atoms with van der Waals surface area (Å²) in [5.41, 5.74) is 7.54. The van der Waals surface area contributed by atoms with Gasteiger partial charge in [0.15, 0.2) is 0 Å². The Bertz CT molecular complexity index is 891. The number of allylic oxidation sites excluding steroid dienone is 3. The van der Waals surface area contributed by atoms with E-state index in [1.54, 1.807) is 0 Å². The summed E-state index contributed by atoms with van der Waals surface area (Å²) in [6, 6.07) is 30.3. The molecule has 0 bridgehead atoms. The minimum absolute atomic E-state index is 0.287. The van der Waals surface area contributed by atoms with Gasteiger partial charge in [-0.25, -0.2) is 0 Å². The summed E-state index contributed by atoms with van der Waals surface area (Å²) in [6.45, 7) is 12.4. The predicted octanol–water partition coefficient (Wildman–Crippen LogP) is 6.80. The Hall–Kier alpha value is -3.12. The lowest BCUT2D eigenvalue weighted by Gasteiger charge is -2.34. The maximum Gasteiger partial charge on any atom is 0.0710 e. The molecule has 3 aromatic rings. The second-order valence-corrected chi connectivity index (χ2v) is 6.27. The highest BCUT2D eigenvalue weighted by Gasteiger charge is 2.45. The molecule has 0 spiro atoms. The van der Waals surface area contributed by atoms with Gasteiger partial charge in [0.2, 0.25) is 0 Å². The summed E-state index contributed by atoms with van der Waals surface area (Å²) in [5.74, 6) is 0. The molecule has 0 radical (unpaired) electrons. The third-order valence-electron chi connectivity index (χ3n) is 5.16. The molecule has 0 aliphatic heterocycles. The number of hydrogen-bond donors (Lipinski definition) is 0. The van der Waals surface area contributed by atoms with E-state index in [0.717, 1.165) is 0 Å². The van der Waals surface area contributed by atoms with Gasteiger partial charge >= 0.3 is 0 Å². The van der Waals surface area contributed by atoms with Gasteiger partial charge in [0.25, 0.3) is 0 Å². The summed E-state index contributed by atoms with van der Waals surface area (Å²) in [4.78, 5) is 0. The zero-order valence-corrected chi connectivity index (χ0v) is 15.3. The zero-order chi connectivity index (χ0) is 18.6. The van der Waals surface area contributed by atoms with Crippen LogP contribution >= 0.6 is 0 Å². The van der Waals surface area contributed by atoms with Gasteiger partial charge in [0, 0.05) is 0 Å². The molecule has 1 aliphatic rings. The van der Waals surface area contributed by atoms with Crippen LogP contribution in [0.25, 0.3) is 5.57 Å². The van der Waals surface area contributed by atoms with Gasteiger partial charge in [0.05, 0.1) is 5.41 Å². The van der Waals surface area contributed by atoms with Crippen molar-refractivity contribution in [1.82, 2.24) is 0 Å². The van der Waals surface area contributed by atoms with Gasteiger partial charge in [0.1, 0.15) is 0 Å². The fraction of sp³-hybridized carbons (Fsp3) is 0.0769. The maximum absolute atomic E-state index is 4.16. The molecule has 128 valence electrons. The third kappa shape index (κ3) is 2.46. The average Bonchev–Trinajstić information content (AvgIpc) is 3.00. The SMILES string of the molecule is C=C.C=CC1=C(C)c2ccccc2C1(c1ccccc1)c1ccccc1. The molecule has 0 atom stereocenters. The second-order valence-electron chi connectivity index (χ2n) is 6.27. The Morgan fingerprint density at radius 1 is 0.692 bits per heavy atom. The Morgan fingerprint density at radius 2 is 1.15 bits per heavy atom. The van der Waals surface area contributed by atoms with Crippen LogP contribution in [0.2, 0.25) is 0 Å². The Kier molecular flexibility index (Phi) is 5.04. The molecule has 0 fully saturated rings. The molecule has 1 aliphatic carbocycles. The molecular formula is C26H24. The van der Waals surface area contributed by atoms with Crippen LogP contribution in [0.1, 0.15) is 29.2 Å². The summed E-state index contributed by atoms with van der Waals surface area (Å²) in [5, 5.41) is 0. The number of rotatable bonds is 3. The van der Waals surface area contributed by atoms with E-state index in [0.29, 0.717) is 0 Å². The summed E-state index contributed by atoms with van der Waals surface area (Å²) < 4.78 is 0. The van der Waals surface area contributed by atoms with E-state index in [1.807, 2.05) is 6.08 Å². The first-order chi connectivity index (χ1) is 12.8. The molecule has 0 unspecified atom stereocenters. The fourth-order valence-electron chi connectivity index (χ4n) is 4.18. The van der Waals surface area contributed by atoms with Crippen LogP contribution in [0, 0.1) is 0 Å². The lowest BCUT2D eigenvalue weighted by atomic mass is 9.67. The lowest BCUT2D eigenvalue weighted by Crippen LogP contribution is -2.29. The minimum atomic E-state index is -0.287. The first-order valence-electron chi connectivity index (χ1n) is 8.85. The van der Waals surface area contributed by atoms with Crippen molar-refractivity contribution in [2.24, 2.45) is 0 Å². The van der Waals surface area contributed by atoms with Gasteiger partial charge < -0.3 is 0 Å². The molecule has 0 nitrogen and oxygen atoms in total. The van der Waals surface area contributed by atoms with Gasteiger partial charge in [-0.05, 0) is 40.3 Å². The molecule has 0 aromatic heterocycles. The van der Waals surface area contributed by atoms with Crippen molar-refractivity contribution in [3.05, 3.63) is 139 Å². The normalized spacial score (nSPS) is 14.2. The standard InChI is InChI=1S/C24H20.C2H4/c1-3-22-18(2)21-16-10-11-17-23(21)24(22,19-12-6-4-7-13-19)20-14-8-5-9-15-20;1-2/h3-17H,1H2,2H3;1-2H2. The minimum Gasteiger partial charge on any atom is -0.106 e. The summed E-state index contributed by atoms with van der Waals surface area (Å²) in [7, 11) is 0. The van der Waals surface area contributed by atoms with E-state index in [-0.39, 0.29) is 5.41 Å². The van der Waals surface area contributed by atoms with Crippen molar-refractivity contribution in [2.45, 2.75) is 12.3 Å². The van der Waals surface area contributed by atoms with E-state index >= 15 is 0 Å². The third-order valence-corrected chi connectivity index (χ3v) is 5.16. The second kappa shape index (κ2) is 7.41. The zero-order valence-electron chi connectivity index (χ0n) is 15.3. The molecule has 0 heterocycles. The van der Waals surface area contributed by atoms with E-state index in [2.05, 4.69) is 112 Å². The molecule has 0 N–H and O–H groups in total. The van der Waals surface area contributed by atoms with Crippen LogP contribution in [-0.4, -0.2) is 0 Å². The van der Waals surface area contributed by atoms with Crippen LogP contribution in [0.4, 0.5) is 0 Å². The maximum atomic E-state index is 4.16. The smallest absolute Gasteiger partial charge is 0.0710 e. The molecule has 4 rings (SSSR count). The van der Waals surface area contributed by atoms with Crippen molar-refractivity contribution < 1.29 is 0 Å². The number of hydrogen-bond acceptors (Lipinski definition) is 0. The fourth-order valence-corrected chi connectivity index (χ4v) is 4.18. The van der Waals surface area contributed by atoms with Gasteiger partial charge in [-0.15, -0.1) is 13.2 Å². The lowest BCUT2D eigenvalue weighted by molar-refractivity contribution is 0.761. The van der Waals surface area contributed by atoms with E-state index in [9.17, 15) is 0 Å². The van der Waals surface area contributed by atoms with Crippen molar-refractivity contribution in [3.63, 3.8) is 0 Å². The molecule has 26 heavy (non-hydrogen) atoms. The Labute approximate surface area is 156 Å². The molecule has 0 heteroatoms. The van der Waals surface area contributed by atoms with E-state index in [1.165, 1.54) is 33.4 Å². The van der Waals surface area contributed by atoms with Gasteiger partial charge in [-0.1, -0.05) is 97.6 Å². The average molecular weight is 336 g/mol. The van der Waals surface area contributed by atoms with Crippen LogP contribution in [0.5, 0.6) is 0 Å². The monoisotopic (exact) mass is 336 g/mol. The highest BCUT2D eigenvalue weighted by Crippen LogP contribution is 2.54. The molecule has 0 saturated carbocycles. The predicted molar refractivity (Wildman–Crippen MR) is 113 cm³/mol. The van der Waals surface area contributed by atoms with Crippen LogP contribution in [0.15, 0.2) is 116 Å².